The molecule has 0 saturated heterocycles. The molecule has 0 fully saturated rings. The molecule has 4 nitrogen and oxygen atoms in total. The van der Waals surface area contributed by atoms with Gasteiger partial charge in [-0.05, 0) is 59.0 Å². The van der Waals surface area contributed by atoms with Crippen LogP contribution in [0.3, 0.4) is 0 Å². The van der Waals surface area contributed by atoms with Crippen molar-refractivity contribution in [2.24, 2.45) is 0 Å². The molecule has 1 amide bonds. The van der Waals surface area contributed by atoms with E-state index in [-0.39, 0.29) is 11.5 Å². The molecule has 0 aliphatic carbocycles. The van der Waals surface area contributed by atoms with E-state index in [9.17, 15) is 10.1 Å². The quantitative estimate of drug-likeness (QED) is 0.148. The molecule has 1 N–H and O–H groups in total. The maximum absolute atomic E-state index is 12.8. The van der Waals surface area contributed by atoms with Gasteiger partial charge in [-0.2, -0.15) is 5.26 Å². The maximum Gasteiger partial charge on any atom is 0.261 e. The predicted octanol–water partition coefficient (Wildman–Crippen LogP) is 6.84. The Labute approximate surface area is 214 Å². The Bertz CT molecular complexity index is 1370. The number of aryl methyl sites for hydroxylation is 1. The third-order valence-corrected chi connectivity index (χ3v) is 6.19. The molecule has 5 heteroatoms. The first-order valence-electron chi connectivity index (χ1n) is 11.5. The monoisotopic (exact) mass is 524 g/mol. The van der Waals surface area contributed by atoms with E-state index in [1.807, 2.05) is 78.9 Å². The highest BCUT2D eigenvalue weighted by molar-refractivity contribution is 9.10. The van der Waals surface area contributed by atoms with Crippen LogP contribution in [-0.2, 0) is 17.8 Å². The second-order valence-corrected chi connectivity index (χ2v) is 9.04. The van der Waals surface area contributed by atoms with Crippen LogP contribution >= 0.6 is 15.9 Å². The molecule has 0 heterocycles. The number of nitriles is 1. The van der Waals surface area contributed by atoms with Crippen molar-refractivity contribution in [2.75, 3.05) is 6.54 Å². The van der Waals surface area contributed by atoms with Gasteiger partial charge in [-0.1, -0.05) is 88.7 Å². The Balaban J connectivity index is 1.52. The number of amides is 1. The minimum atomic E-state index is -0.382. The Morgan fingerprint density at radius 3 is 2.43 bits per heavy atom. The number of benzene rings is 4. The summed E-state index contributed by atoms with van der Waals surface area (Å²) in [5.41, 5.74) is 3.01. The minimum absolute atomic E-state index is 0.0505. The van der Waals surface area contributed by atoms with E-state index in [2.05, 4.69) is 39.4 Å². The van der Waals surface area contributed by atoms with Crippen molar-refractivity contribution in [3.63, 3.8) is 0 Å². The van der Waals surface area contributed by atoms with Gasteiger partial charge in [0, 0.05) is 16.6 Å². The third-order valence-electron chi connectivity index (χ3n) is 5.66. The average Bonchev–Trinajstić information content (AvgIpc) is 2.90. The van der Waals surface area contributed by atoms with E-state index in [1.54, 1.807) is 6.08 Å². The number of halogens is 1. The number of carbonyl (C=O) groups excluding carboxylic acids is 1. The van der Waals surface area contributed by atoms with E-state index >= 15 is 0 Å². The van der Waals surface area contributed by atoms with E-state index in [4.69, 9.17) is 4.74 Å². The predicted molar refractivity (Wildman–Crippen MR) is 144 cm³/mol. The molecule has 0 saturated carbocycles. The zero-order valence-corrected chi connectivity index (χ0v) is 20.8. The molecule has 0 aliphatic heterocycles. The lowest BCUT2D eigenvalue weighted by Gasteiger charge is -2.13. The molecule has 174 valence electrons. The third kappa shape index (κ3) is 6.59. The topological polar surface area (TPSA) is 62.1 Å². The van der Waals surface area contributed by atoms with Gasteiger partial charge in [0.15, 0.2) is 0 Å². The van der Waals surface area contributed by atoms with Gasteiger partial charge in [0.25, 0.3) is 5.91 Å². The smallest absolute Gasteiger partial charge is 0.261 e. The summed E-state index contributed by atoms with van der Waals surface area (Å²) < 4.78 is 7.15. The highest BCUT2D eigenvalue weighted by Gasteiger charge is 2.13. The summed E-state index contributed by atoms with van der Waals surface area (Å²) in [7, 11) is 0. The number of nitrogens with one attached hydrogen (secondary N) is 1. The van der Waals surface area contributed by atoms with Gasteiger partial charge in [0.2, 0.25) is 0 Å². The van der Waals surface area contributed by atoms with Gasteiger partial charge in [0.05, 0.1) is 0 Å². The second-order valence-electron chi connectivity index (χ2n) is 8.13. The highest BCUT2D eigenvalue weighted by Crippen LogP contribution is 2.31. The fraction of sp³-hybridized carbons (Fsp3) is 0.133. The molecule has 0 atom stereocenters. The normalized spacial score (nSPS) is 11.1. The maximum atomic E-state index is 12.8. The van der Waals surface area contributed by atoms with E-state index in [1.165, 1.54) is 5.56 Å². The standard InChI is InChI=1S/C30H25BrN2O2/c31-26-15-12-23(13-16-26)21-35-29-17-14-24-10-4-5-11-27(24)28(29)19-25(20-32)30(34)33-18-6-9-22-7-2-1-3-8-22/h1-5,7-8,10-17,19H,6,9,18,21H2,(H,33,34)/b25-19-. The molecule has 0 aromatic heterocycles. The number of fused-ring (bicyclic) bond motifs is 1. The average molecular weight is 525 g/mol. The minimum Gasteiger partial charge on any atom is -0.488 e. The first-order valence-corrected chi connectivity index (χ1v) is 12.3. The summed E-state index contributed by atoms with van der Waals surface area (Å²) in [4.78, 5) is 12.8. The summed E-state index contributed by atoms with van der Waals surface area (Å²) in [5, 5.41) is 14.6. The Morgan fingerprint density at radius 1 is 0.914 bits per heavy atom. The Kier molecular flexibility index (Phi) is 8.32. The molecular formula is C30H25BrN2O2. The summed E-state index contributed by atoms with van der Waals surface area (Å²) >= 11 is 3.45. The number of ether oxygens (including phenoxy) is 1. The van der Waals surface area contributed by atoms with Crippen molar-refractivity contribution < 1.29 is 9.53 Å². The Morgan fingerprint density at radius 2 is 1.66 bits per heavy atom. The lowest BCUT2D eigenvalue weighted by molar-refractivity contribution is -0.117. The van der Waals surface area contributed by atoms with Crippen molar-refractivity contribution in [2.45, 2.75) is 19.4 Å². The summed E-state index contributed by atoms with van der Waals surface area (Å²) in [6, 6.07) is 31.9. The van der Waals surface area contributed by atoms with Crippen molar-refractivity contribution in [3.8, 4) is 11.8 Å². The summed E-state index contributed by atoms with van der Waals surface area (Å²) in [5.74, 6) is 0.239. The number of nitrogens with zero attached hydrogens (tertiary/aromatic N) is 1. The van der Waals surface area contributed by atoms with Gasteiger partial charge in [-0.25, -0.2) is 0 Å². The number of rotatable bonds is 9. The molecule has 0 radical (unpaired) electrons. The van der Waals surface area contributed by atoms with Gasteiger partial charge < -0.3 is 10.1 Å². The Hall–Kier alpha value is -3.88. The van der Waals surface area contributed by atoms with Crippen molar-refractivity contribution in [1.82, 2.24) is 5.32 Å². The van der Waals surface area contributed by atoms with Crippen molar-refractivity contribution in [3.05, 3.63) is 118 Å². The van der Waals surface area contributed by atoms with Crippen LogP contribution in [0, 0.1) is 11.3 Å². The van der Waals surface area contributed by atoms with Gasteiger partial charge in [0.1, 0.15) is 24.0 Å². The van der Waals surface area contributed by atoms with Gasteiger partial charge in [-0.15, -0.1) is 0 Å². The van der Waals surface area contributed by atoms with Crippen LogP contribution in [0.4, 0.5) is 0 Å². The SMILES string of the molecule is N#C/C(=C/c1c(OCc2ccc(Br)cc2)ccc2ccccc12)C(=O)NCCCc1ccccc1. The summed E-state index contributed by atoms with van der Waals surface area (Å²) in [6.07, 6.45) is 3.29. The first-order chi connectivity index (χ1) is 17.1. The molecule has 4 rings (SSSR count). The molecule has 4 aromatic carbocycles. The van der Waals surface area contributed by atoms with Crippen LogP contribution in [0.1, 0.15) is 23.1 Å². The van der Waals surface area contributed by atoms with Gasteiger partial charge >= 0.3 is 0 Å². The lowest BCUT2D eigenvalue weighted by atomic mass is 10.0. The molecule has 0 bridgehead atoms. The van der Waals surface area contributed by atoms with Crippen LogP contribution in [0.15, 0.2) is 101 Å². The van der Waals surface area contributed by atoms with Crippen LogP contribution in [-0.4, -0.2) is 12.5 Å². The molecule has 4 aromatic rings. The van der Waals surface area contributed by atoms with Gasteiger partial charge in [-0.3, -0.25) is 4.79 Å². The molecule has 35 heavy (non-hydrogen) atoms. The van der Waals surface area contributed by atoms with E-state index < -0.39 is 0 Å². The van der Waals surface area contributed by atoms with Crippen molar-refractivity contribution >= 4 is 38.7 Å². The molecule has 0 spiro atoms. The van der Waals surface area contributed by atoms with Crippen LogP contribution in [0.25, 0.3) is 16.8 Å². The van der Waals surface area contributed by atoms with E-state index in [0.717, 1.165) is 39.2 Å². The first kappa shape index (κ1) is 24.3. The fourth-order valence-electron chi connectivity index (χ4n) is 3.82. The van der Waals surface area contributed by atoms with Crippen LogP contribution < -0.4 is 10.1 Å². The van der Waals surface area contributed by atoms with E-state index in [0.29, 0.717) is 18.9 Å². The second kappa shape index (κ2) is 12.0. The van der Waals surface area contributed by atoms with Crippen LogP contribution in [0.5, 0.6) is 5.75 Å². The lowest BCUT2D eigenvalue weighted by Crippen LogP contribution is -2.25. The molecular weight excluding hydrogens is 500 g/mol. The fourth-order valence-corrected chi connectivity index (χ4v) is 4.08. The number of hydrogen-bond donors (Lipinski definition) is 1. The number of carbonyl (C=O) groups is 1. The van der Waals surface area contributed by atoms with Crippen molar-refractivity contribution in [1.29, 1.82) is 5.26 Å². The molecule has 0 aliphatic rings. The zero-order chi connectivity index (χ0) is 24.5. The number of hydrogen-bond acceptors (Lipinski definition) is 3. The zero-order valence-electron chi connectivity index (χ0n) is 19.2. The summed E-state index contributed by atoms with van der Waals surface area (Å²) in [6.45, 7) is 0.870. The molecule has 0 unspecified atom stereocenters. The largest absolute Gasteiger partial charge is 0.488 e. The van der Waals surface area contributed by atoms with Crippen LogP contribution in [0.2, 0.25) is 0 Å². The highest BCUT2D eigenvalue weighted by atomic mass is 79.9.